The third-order valence-electron chi connectivity index (χ3n) is 3.75. The van der Waals surface area contributed by atoms with Crippen molar-refractivity contribution in [2.45, 2.75) is 33.2 Å². The van der Waals surface area contributed by atoms with Gasteiger partial charge in [-0.25, -0.2) is 4.39 Å². The van der Waals surface area contributed by atoms with E-state index in [0.29, 0.717) is 0 Å². The molecule has 106 valence electrons. The van der Waals surface area contributed by atoms with E-state index in [2.05, 4.69) is 44.3 Å². The Kier molecular flexibility index (Phi) is 4.91. The van der Waals surface area contributed by atoms with Crippen molar-refractivity contribution in [2.24, 2.45) is 0 Å². The normalized spacial score (nSPS) is 12.4. The van der Waals surface area contributed by atoms with E-state index >= 15 is 0 Å². The lowest BCUT2D eigenvalue weighted by atomic mass is 9.93. The number of rotatable bonds is 5. The minimum absolute atomic E-state index is 0.149. The van der Waals surface area contributed by atoms with Crippen molar-refractivity contribution in [3.05, 3.63) is 70.5 Å². The van der Waals surface area contributed by atoms with Crippen LogP contribution in [0.25, 0.3) is 0 Å². The highest BCUT2D eigenvalue weighted by Crippen LogP contribution is 2.23. The van der Waals surface area contributed by atoms with Gasteiger partial charge in [-0.15, -0.1) is 0 Å². The standard InChI is InChI=1S/C18H22FN/c1-4-20-18(15-9-6-10-16(19)11-15)12-17-13(2)7-5-8-14(17)3/h5-11,18,20H,4,12H2,1-3H3. The molecule has 0 heterocycles. The van der Waals surface area contributed by atoms with E-state index in [1.165, 1.54) is 22.8 Å². The number of hydrogen-bond acceptors (Lipinski definition) is 1. The zero-order valence-electron chi connectivity index (χ0n) is 12.4. The van der Waals surface area contributed by atoms with Gasteiger partial charge in [-0.2, -0.15) is 0 Å². The van der Waals surface area contributed by atoms with Crippen molar-refractivity contribution in [2.75, 3.05) is 6.54 Å². The topological polar surface area (TPSA) is 12.0 Å². The Balaban J connectivity index is 2.30. The minimum atomic E-state index is -0.174. The second kappa shape index (κ2) is 6.67. The largest absolute Gasteiger partial charge is 0.310 e. The summed E-state index contributed by atoms with van der Waals surface area (Å²) in [6, 6.07) is 13.4. The predicted molar refractivity (Wildman–Crippen MR) is 82.4 cm³/mol. The van der Waals surface area contributed by atoms with Gasteiger partial charge in [0.25, 0.3) is 0 Å². The number of aryl methyl sites for hydroxylation is 2. The summed E-state index contributed by atoms with van der Waals surface area (Å²) >= 11 is 0. The summed E-state index contributed by atoms with van der Waals surface area (Å²) in [7, 11) is 0. The molecule has 2 rings (SSSR count). The number of hydrogen-bond donors (Lipinski definition) is 1. The smallest absolute Gasteiger partial charge is 0.123 e. The SMILES string of the molecule is CCNC(Cc1c(C)cccc1C)c1cccc(F)c1. The first-order chi connectivity index (χ1) is 9.61. The first kappa shape index (κ1) is 14.7. The van der Waals surface area contributed by atoms with Crippen LogP contribution in [0.3, 0.4) is 0 Å². The van der Waals surface area contributed by atoms with Crippen LogP contribution in [0.2, 0.25) is 0 Å². The number of likely N-dealkylation sites (N-methyl/N-ethyl adjacent to an activating group) is 1. The first-order valence-electron chi connectivity index (χ1n) is 7.15. The van der Waals surface area contributed by atoms with Gasteiger partial charge in [0.1, 0.15) is 5.82 Å². The molecule has 0 aliphatic heterocycles. The Morgan fingerprint density at radius 1 is 1.05 bits per heavy atom. The summed E-state index contributed by atoms with van der Waals surface area (Å²) in [5.74, 6) is -0.174. The molecule has 1 atom stereocenters. The molecule has 1 unspecified atom stereocenters. The molecule has 0 saturated heterocycles. The summed E-state index contributed by atoms with van der Waals surface area (Å²) in [6.07, 6.45) is 0.885. The molecule has 0 fully saturated rings. The van der Waals surface area contributed by atoms with Crippen molar-refractivity contribution in [3.8, 4) is 0 Å². The van der Waals surface area contributed by atoms with Gasteiger partial charge < -0.3 is 5.32 Å². The minimum Gasteiger partial charge on any atom is -0.310 e. The molecule has 1 N–H and O–H groups in total. The number of benzene rings is 2. The lowest BCUT2D eigenvalue weighted by Gasteiger charge is -2.21. The molecule has 20 heavy (non-hydrogen) atoms. The summed E-state index contributed by atoms with van der Waals surface area (Å²) in [6.45, 7) is 7.22. The maximum Gasteiger partial charge on any atom is 0.123 e. The van der Waals surface area contributed by atoms with Gasteiger partial charge >= 0.3 is 0 Å². The molecular formula is C18H22FN. The monoisotopic (exact) mass is 271 g/mol. The zero-order valence-corrected chi connectivity index (χ0v) is 12.4. The average molecular weight is 271 g/mol. The molecule has 0 bridgehead atoms. The van der Waals surface area contributed by atoms with Crippen LogP contribution in [0.5, 0.6) is 0 Å². The summed E-state index contributed by atoms with van der Waals surface area (Å²) in [4.78, 5) is 0. The van der Waals surface area contributed by atoms with Crippen molar-refractivity contribution >= 4 is 0 Å². The molecule has 0 aliphatic carbocycles. The van der Waals surface area contributed by atoms with Gasteiger partial charge in [0.15, 0.2) is 0 Å². The van der Waals surface area contributed by atoms with Gasteiger partial charge in [-0.1, -0.05) is 37.3 Å². The molecule has 1 nitrogen and oxygen atoms in total. The second-order valence-electron chi connectivity index (χ2n) is 5.24. The van der Waals surface area contributed by atoms with E-state index in [1.54, 1.807) is 12.1 Å². The van der Waals surface area contributed by atoms with Crippen LogP contribution in [0.4, 0.5) is 4.39 Å². The van der Waals surface area contributed by atoms with E-state index in [4.69, 9.17) is 0 Å². The third-order valence-corrected chi connectivity index (χ3v) is 3.75. The van der Waals surface area contributed by atoms with Gasteiger partial charge in [-0.05, 0) is 61.2 Å². The third kappa shape index (κ3) is 3.45. The molecule has 0 spiro atoms. The second-order valence-corrected chi connectivity index (χ2v) is 5.24. The highest BCUT2D eigenvalue weighted by atomic mass is 19.1. The van der Waals surface area contributed by atoms with Gasteiger partial charge in [0.2, 0.25) is 0 Å². The van der Waals surface area contributed by atoms with E-state index in [-0.39, 0.29) is 11.9 Å². The zero-order chi connectivity index (χ0) is 14.5. The van der Waals surface area contributed by atoms with Gasteiger partial charge in [0, 0.05) is 6.04 Å². The Morgan fingerprint density at radius 2 is 1.70 bits per heavy atom. The number of nitrogens with one attached hydrogen (secondary N) is 1. The molecular weight excluding hydrogens is 249 g/mol. The molecule has 2 heteroatoms. The molecule has 0 saturated carbocycles. The number of halogens is 1. The Morgan fingerprint density at radius 3 is 2.30 bits per heavy atom. The molecule has 2 aromatic carbocycles. The lowest BCUT2D eigenvalue weighted by Crippen LogP contribution is -2.23. The fraction of sp³-hybridized carbons (Fsp3) is 0.333. The molecule has 2 aromatic rings. The van der Waals surface area contributed by atoms with Gasteiger partial charge in [0.05, 0.1) is 0 Å². The first-order valence-corrected chi connectivity index (χ1v) is 7.15. The van der Waals surface area contributed by atoms with Crippen LogP contribution in [-0.2, 0) is 6.42 Å². The predicted octanol–water partition coefficient (Wildman–Crippen LogP) is 4.34. The molecule has 0 radical (unpaired) electrons. The van der Waals surface area contributed by atoms with Crippen LogP contribution < -0.4 is 5.32 Å². The van der Waals surface area contributed by atoms with Crippen molar-refractivity contribution in [1.82, 2.24) is 5.32 Å². The maximum atomic E-state index is 13.4. The van der Waals surface area contributed by atoms with E-state index in [1.807, 2.05) is 6.07 Å². The summed E-state index contributed by atoms with van der Waals surface area (Å²) in [5, 5.41) is 3.46. The van der Waals surface area contributed by atoms with Crippen LogP contribution in [-0.4, -0.2) is 6.54 Å². The van der Waals surface area contributed by atoms with Crippen LogP contribution >= 0.6 is 0 Å². The quantitative estimate of drug-likeness (QED) is 0.853. The fourth-order valence-corrected chi connectivity index (χ4v) is 2.65. The van der Waals surface area contributed by atoms with E-state index < -0.39 is 0 Å². The van der Waals surface area contributed by atoms with Crippen LogP contribution in [0.15, 0.2) is 42.5 Å². The Labute approximate surface area is 120 Å². The van der Waals surface area contributed by atoms with Crippen molar-refractivity contribution in [3.63, 3.8) is 0 Å². The van der Waals surface area contributed by atoms with E-state index in [9.17, 15) is 4.39 Å². The molecule has 0 aliphatic rings. The van der Waals surface area contributed by atoms with Gasteiger partial charge in [-0.3, -0.25) is 0 Å². The van der Waals surface area contributed by atoms with Crippen molar-refractivity contribution in [1.29, 1.82) is 0 Å². The molecule has 0 aromatic heterocycles. The summed E-state index contributed by atoms with van der Waals surface area (Å²) < 4.78 is 13.4. The highest BCUT2D eigenvalue weighted by molar-refractivity contribution is 5.35. The van der Waals surface area contributed by atoms with Crippen LogP contribution in [0.1, 0.15) is 35.2 Å². The highest BCUT2D eigenvalue weighted by Gasteiger charge is 2.14. The average Bonchev–Trinajstić information content (AvgIpc) is 2.42. The lowest BCUT2D eigenvalue weighted by molar-refractivity contribution is 0.541. The fourth-order valence-electron chi connectivity index (χ4n) is 2.65. The molecule has 0 amide bonds. The van der Waals surface area contributed by atoms with Crippen LogP contribution in [0, 0.1) is 19.7 Å². The van der Waals surface area contributed by atoms with E-state index in [0.717, 1.165) is 18.5 Å². The summed E-state index contributed by atoms with van der Waals surface area (Å²) in [5.41, 5.74) is 4.95. The van der Waals surface area contributed by atoms with Crippen molar-refractivity contribution < 1.29 is 4.39 Å². The maximum absolute atomic E-state index is 13.4. The Bertz CT molecular complexity index is 557. The Hall–Kier alpha value is -1.67.